The molecule has 0 aliphatic carbocycles. The molecular weight excluding hydrogens is 332 g/mol. The van der Waals surface area contributed by atoms with Crippen molar-refractivity contribution in [2.75, 3.05) is 5.32 Å². The Morgan fingerprint density at radius 1 is 1.15 bits per heavy atom. The number of anilines is 1. The highest BCUT2D eigenvalue weighted by Crippen LogP contribution is 2.26. The van der Waals surface area contributed by atoms with Crippen molar-refractivity contribution in [3.8, 4) is 5.75 Å². The van der Waals surface area contributed by atoms with Gasteiger partial charge in [0, 0.05) is 6.07 Å². The maximum absolute atomic E-state index is 12.4. The second-order valence-corrected chi connectivity index (χ2v) is 7.23. The minimum atomic E-state index is -0.742. The van der Waals surface area contributed by atoms with Crippen molar-refractivity contribution >= 4 is 17.3 Å². The van der Waals surface area contributed by atoms with E-state index in [2.05, 4.69) is 26.1 Å². The number of hydrogen-bond donors (Lipinski definition) is 1. The molecule has 0 aliphatic rings. The summed E-state index contributed by atoms with van der Waals surface area (Å²) in [6.07, 6.45) is -0.742. The number of rotatable bonds is 5. The van der Waals surface area contributed by atoms with Crippen LogP contribution in [0.2, 0.25) is 0 Å². The lowest BCUT2D eigenvalue weighted by Gasteiger charge is -2.20. The van der Waals surface area contributed by atoms with Gasteiger partial charge in [0.15, 0.2) is 6.10 Å². The summed E-state index contributed by atoms with van der Waals surface area (Å²) < 4.78 is 5.69. The summed E-state index contributed by atoms with van der Waals surface area (Å²) in [5.41, 5.74) is 2.00. The fraction of sp³-hybridized carbons (Fsp3) is 0.350. The second-order valence-electron chi connectivity index (χ2n) is 7.23. The van der Waals surface area contributed by atoms with Crippen molar-refractivity contribution in [1.29, 1.82) is 0 Å². The molecule has 26 heavy (non-hydrogen) atoms. The molecule has 2 aromatic rings. The SMILES string of the molecule is Cc1c(NC(=O)[C@H](C)Oc2ccc(C(C)(C)C)cc2)cccc1[N+](=O)[O-]. The molecule has 0 radical (unpaired) electrons. The average Bonchev–Trinajstić information content (AvgIpc) is 2.56. The summed E-state index contributed by atoms with van der Waals surface area (Å²) in [6.45, 7) is 9.62. The number of nitrogens with one attached hydrogen (secondary N) is 1. The first-order valence-corrected chi connectivity index (χ1v) is 8.41. The zero-order chi connectivity index (χ0) is 19.5. The number of nitro benzene ring substituents is 1. The van der Waals surface area contributed by atoms with Gasteiger partial charge >= 0.3 is 0 Å². The number of carbonyl (C=O) groups excluding carboxylic acids is 1. The average molecular weight is 356 g/mol. The van der Waals surface area contributed by atoms with E-state index in [1.54, 1.807) is 19.9 Å². The summed E-state index contributed by atoms with van der Waals surface area (Å²) in [7, 11) is 0. The Kier molecular flexibility index (Phi) is 5.65. The van der Waals surface area contributed by atoms with Crippen molar-refractivity contribution in [3.05, 3.63) is 63.7 Å². The van der Waals surface area contributed by atoms with E-state index >= 15 is 0 Å². The first-order chi connectivity index (χ1) is 12.1. The van der Waals surface area contributed by atoms with Crippen molar-refractivity contribution in [2.24, 2.45) is 0 Å². The molecule has 138 valence electrons. The fourth-order valence-corrected chi connectivity index (χ4v) is 2.48. The minimum absolute atomic E-state index is 0.0332. The van der Waals surface area contributed by atoms with E-state index in [1.165, 1.54) is 17.7 Å². The first kappa shape index (κ1) is 19.4. The molecule has 0 bridgehead atoms. The molecule has 6 nitrogen and oxygen atoms in total. The molecular formula is C20H24N2O4. The summed E-state index contributed by atoms with van der Waals surface area (Å²) in [5, 5.41) is 13.7. The Hall–Kier alpha value is -2.89. The van der Waals surface area contributed by atoms with Gasteiger partial charge in [0.2, 0.25) is 0 Å². The Bertz CT molecular complexity index is 808. The first-order valence-electron chi connectivity index (χ1n) is 8.41. The van der Waals surface area contributed by atoms with Crippen molar-refractivity contribution < 1.29 is 14.5 Å². The molecule has 0 aliphatic heterocycles. The monoisotopic (exact) mass is 356 g/mol. The quantitative estimate of drug-likeness (QED) is 0.627. The van der Waals surface area contributed by atoms with Crippen LogP contribution in [-0.2, 0) is 10.2 Å². The third kappa shape index (κ3) is 4.59. The summed E-state index contributed by atoms with van der Waals surface area (Å²) in [6, 6.07) is 12.2. The molecule has 0 saturated heterocycles. The lowest BCUT2D eigenvalue weighted by molar-refractivity contribution is -0.385. The maximum Gasteiger partial charge on any atom is 0.274 e. The molecule has 1 amide bonds. The van der Waals surface area contributed by atoms with Gasteiger partial charge in [-0.1, -0.05) is 39.0 Å². The van der Waals surface area contributed by atoms with Crippen LogP contribution >= 0.6 is 0 Å². The molecule has 1 atom stereocenters. The maximum atomic E-state index is 12.4. The van der Waals surface area contributed by atoms with Crippen LogP contribution in [0.3, 0.4) is 0 Å². The topological polar surface area (TPSA) is 81.5 Å². The molecule has 0 saturated carbocycles. The Labute approximate surface area is 153 Å². The number of ether oxygens (including phenoxy) is 1. The van der Waals surface area contributed by atoms with Gasteiger partial charge in [0.25, 0.3) is 11.6 Å². The fourth-order valence-electron chi connectivity index (χ4n) is 2.48. The lowest BCUT2D eigenvalue weighted by atomic mass is 9.87. The van der Waals surface area contributed by atoms with E-state index in [0.29, 0.717) is 17.0 Å². The number of amides is 1. The predicted octanol–water partition coefficient (Wildman–Crippen LogP) is 4.61. The number of carbonyl (C=O) groups is 1. The van der Waals surface area contributed by atoms with Crippen LogP contribution in [0.5, 0.6) is 5.75 Å². The largest absolute Gasteiger partial charge is 0.481 e. The van der Waals surface area contributed by atoms with Crippen LogP contribution in [0.25, 0.3) is 0 Å². The van der Waals surface area contributed by atoms with Gasteiger partial charge in [-0.3, -0.25) is 14.9 Å². The van der Waals surface area contributed by atoms with E-state index in [4.69, 9.17) is 4.74 Å². The summed E-state index contributed by atoms with van der Waals surface area (Å²) in [4.78, 5) is 22.9. The number of nitrogens with zero attached hydrogens (tertiary/aromatic N) is 1. The molecule has 0 unspecified atom stereocenters. The lowest BCUT2D eigenvalue weighted by Crippen LogP contribution is -2.30. The van der Waals surface area contributed by atoms with Gasteiger partial charge < -0.3 is 10.1 Å². The van der Waals surface area contributed by atoms with Crippen LogP contribution in [0, 0.1) is 17.0 Å². The highest BCUT2D eigenvalue weighted by molar-refractivity contribution is 5.95. The zero-order valence-corrected chi connectivity index (χ0v) is 15.7. The van der Waals surface area contributed by atoms with Crippen LogP contribution < -0.4 is 10.1 Å². The zero-order valence-electron chi connectivity index (χ0n) is 15.7. The van der Waals surface area contributed by atoms with E-state index in [0.717, 1.165) is 0 Å². The minimum Gasteiger partial charge on any atom is -0.481 e. The van der Waals surface area contributed by atoms with Gasteiger partial charge in [-0.25, -0.2) is 0 Å². The van der Waals surface area contributed by atoms with E-state index in [9.17, 15) is 14.9 Å². The smallest absolute Gasteiger partial charge is 0.274 e. The Balaban J connectivity index is 2.06. The van der Waals surface area contributed by atoms with Crippen LogP contribution in [0.1, 0.15) is 38.8 Å². The highest BCUT2D eigenvalue weighted by atomic mass is 16.6. The third-order valence-electron chi connectivity index (χ3n) is 4.16. The number of nitro groups is 1. The van der Waals surface area contributed by atoms with Gasteiger partial charge in [0.05, 0.1) is 16.2 Å². The molecule has 2 rings (SSSR count). The predicted molar refractivity (Wildman–Crippen MR) is 102 cm³/mol. The molecule has 2 aromatic carbocycles. The number of benzene rings is 2. The standard InChI is InChI=1S/C20H24N2O4/c1-13-17(7-6-8-18(13)22(24)25)21-19(23)14(2)26-16-11-9-15(10-12-16)20(3,4)5/h6-12,14H,1-5H3,(H,21,23)/t14-/m0/s1. The Morgan fingerprint density at radius 3 is 2.31 bits per heavy atom. The van der Waals surface area contributed by atoms with Gasteiger partial charge in [0.1, 0.15) is 5.75 Å². The highest BCUT2D eigenvalue weighted by Gasteiger charge is 2.19. The number of hydrogen-bond acceptors (Lipinski definition) is 4. The van der Waals surface area contributed by atoms with Gasteiger partial charge in [-0.15, -0.1) is 0 Å². The van der Waals surface area contributed by atoms with E-state index < -0.39 is 11.0 Å². The second kappa shape index (κ2) is 7.56. The van der Waals surface area contributed by atoms with E-state index in [1.807, 2.05) is 24.3 Å². The summed E-state index contributed by atoms with van der Waals surface area (Å²) in [5.74, 6) is 0.227. The molecule has 0 aromatic heterocycles. The van der Waals surface area contributed by atoms with Gasteiger partial charge in [-0.05, 0) is 43.0 Å². The van der Waals surface area contributed by atoms with Crippen molar-refractivity contribution in [2.45, 2.75) is 46.1 Å². The van der Waals surface area contributed by atoms with Crippen LogP contribution in [0.4, 0.5) is 11.4 Å². The molecule has 1 N–H and O–H groups in total. The van der Waals surface area contributed by atoms with Crippen LogP contribution in [-0.4, -0.2) is 16.9 Å². The third-order valence-corrected chi connectivity index (χ3v) is 4.16. The van der Waals surface area contributed by atoms with Crippen molar-refractivity contribution in [3.63, 3.8) is 0 Å². The Morgan fingerprint density at radius 2 is 1.77 bits per heavy atom. The molecule has 0 heterocycles. The molecule has 6 heteroatoms. The van der Waals surface area contributed by atoms with Crippen LogP contribution in [0.15, 0.2) is 42.5 Å². The normalized spacial score (nSPS) is 12.3. The van der Waals surface area contributed by atoms with Gasteiger partial charge in [-0.2, -0.15) is 0 Å². The van der Waals surface area contributed by atoms with E-state index in [-0.39, 0.29) is 17.0 Å². The van der Waals surface area contributed by atoms with Crippen molar-refractivity contribution in [1.82, 2.24) is 0 Å². The molecule has 0 spiro atoms. The summed E-state index contributed by atoms with van der Waals surface area (Å²) >= 11 is 0. The molecule has 0 fully saturated rings.